The highest BCUT2D eigenvalue weighted by atomic mass is 16.5. The molecule has 0 N–H and O–H groups in total. The van der Waals surface area contributed by atoms with Gasteiger partial charge in [-0.2, -0.15) is 0 Å². The van der Waals surface area contributed by atoms with Crippen LogP contribution in [0.5, 0.6) is 5.88 Å². The summed E-state index contributed by atoms with van der Waals surface area (Å²) in [6, 6.07) is 2.73. The summed E-state index contributed by atoms with van der Waals surface area (Å²) in [6.07, 6.45) is 7.41. The molecule has 7 nitrogen and oxygen atoms in total. The quantitative estimate of drug-likeness (QED) is 0.844. The van der Waals surface area contributed by atoms with E-state index in [2.05, 4.69) is 9.97 Å². The highest BCUT2D eigenvalue weighted by Gasteiger charge is 2.25. The molecule has 0 atom stereocenters. The van der Waals surface area contributed by atoms with Crippen LogP contribution in [0, 0.1) is 0 Å². The molecule has 114 valence electrons. The second-order valence-electron chi connectivity index (χ2n) is 5.00. The first-order valence-electron chi connectivity index (χ1n) is 7.03. The summed E-state index contributed by atoms with van der Waals surface area (Å²) in [5, 5.41) is 0. The van der Waals surface area contributed by atoms with Gasteiger partial charge in [0.2, 0.25) is 5.88 Å². The van der Waals surface area contributed by atoms with Crippen molar-refractivity contribution in [2.24, 2.45) is 0 Å². The van der Waals surface area contributed by atoms with E-state index in [1.807, 2.05) is 0 Å². The van der Waals surface area contributed by atoms with Gasteiger partial charge in [0, 0.05) is 44.4 Å². The van der Waals surface area contributed by atoms with E-state index in [1.165, 1.54) is 18.4 Å². The van der Waals surface area contributed by atoms with E-state index in [0.29, 0.717) is 24.5 Å². The monoisotopic (exact) mass is 301 g/mol. The average Bonchev–Trinajstić information content (AvgIpc) is 2.57. The fourth-order valence-electron chi connectivity index (χ4n) is 2.36. The second kappa shape index (κ2) is 6.38. The Kier molecular flexibility index (Phi) is 4.13. The molecule has 1 aliphatic rings. The number of aromatic nitrogens is 2. The summed E-state index contributed by atoms with van der Waals surface area (Å²) in [5.74, 6) is 0.360. The van der Waals surface area contributed by atoms with Gasteiger partial charge in [0.15, 0.2) is 0 Å². The highest BCUT2D eigenvalue weighted by molar-refractivity contribution is 5.93. The number of carbonyl (C=O) groups excluding carboxylic acids is 1. The van der Waals surface area contributed by atoms with Gasteiger partial charge in [-0.05, 0) is 6.07 Å². The third-order valence-electron chi connectivity index (χ3n) is 3.50. The summed E-state index contributed by atoms with van der Waals surface area (Å²) in [5.41, 5.74) is -0.0828. The number of rotatable bonds is 3. The minimum absolute atomic E-state index is 0.0226. The predicted octanol–water partition coefficient (Wildman–Crippen LogP) is 1.11. The zero-order valence-electron chi connectivity index (χ0n) is 11.8. The van der Waals surface area contributed by atoms with Gasteiger partial charge in [0.05, 0.1) is 11.8 Å². The molecule has 3 rings (SSSR count). The number of piperidine rings is 1. The van der Waals surface area contributed by atoms with Crippen molar-refractivity contribution in [3.8, 4) is 5.88 Å². The molecule has 7 heteroatoms. The topological polar surface area (TPSA) is 85.5 Å². The lowest BCUT2D eigenvalue weighted by molar-refractivity contribution is 0.0584. The van der Waals surface area contributed by atoms with Crippen LogP contribution in [0.25, 0.3) is 0 Å². The Labute approximate surface area is 126 Å². The van der Waals surface area contributed by atoms with Crippen molar-refractivity contribution < 1.29 is 13.9 Å². The number of carbonyl (C=O) groups is 1. The Morgan fingerprint density at radius 3 is 2.73 bits per heavy atom. The van der Waals surface area contributed by atoms with Gasteiger partial charge < -0.3 is 14.1 Å². The van der Waals surface area contributed by atoms with Crippen LogP contribution in [-0.2, 0) is 0 Å². The maximum Gasteiger partial charge on any atom is 0.335 e. The molecule has 0 unspecified atom stereocenters. The Morgan fingerprint density at radius 1 is 1.27 bits per heavy atom. The van der Waals surface area contributed by atoms with Crippen LogP contribution in [0.1, 0.15) is 23.2 Å². The van der Waals surface area contributed by atoms with E-state index in [4.69, 9.17) is 9.15 Å². The smallest absolute Gasteiger partial charge is 0.335 e. The molecule has 0 radical (unpaired) electrons. The minimum atomic E-state index is -0.465. The van der Waals surface area contributed by atoms with E-state index in [-0.39, 0.29) is 12.0 Å². The molecule has 3 heterocycles. The molecule has 1 fully saturated rings. The van der Waals surface area contributed by atoms with Gasteiger partial charge in [-0.25, -0.2) is 9.78 Å². The molecular formula is C15H15N3O4. The third kappa shape index (κ3) is 3.30. The van der Waals surface area contributed by atoms with Crippen molar-refractivity contribution in [3.05, 3.63) is 53.0 Å². The largest absolute Gasteiger partial charge is 0.473 e. The van der Waals surface area contributed by atoms with Gasteiger partial charge in [-0.15, -0.1) is 0 Å². The van der Waals surface area contributed by atoms with Gasteiger partial charge in [0.1, 0.15) is 12.4 Å². The van der Waals surface area contributed by atoms with Gasteiger partial charge in [0.25, 0.3) is 5.91 Å². The van der Waals surface area contributed by atoms with Crippen LogP contribution < -0.4 is 10.4 Å². The predicted molar refractivity (Wildman–Crippen MR) is 76.6 cm³/mol. The standard InChI is InChI=1S/C15H15N3O4/c19-14-2-1-11(10-21-14)15(20)18-7-3-12(4-8-18)22-13-9-16-5-6-17-13/h1-2,5-6,9-10,12H,3-4,7-8H2. The first-order chi connectivity index (χ1) is 10.7. The lowest BCUT2D eigenvalue weighted by Gasteiger charge is -2.31. The molecule has 0 bridgehead atoms. The summed E-state index contributed by atoms with van der Waals surface area (Å²) < 4.78 is 10.5. The molecule has 0 saturated carbocycles. The van der Waals surface area contributed by atoms with E-state index in [1.54, 1.807) is 23.5 Å². The Bertz CT molecular complexity index is 673. The highest BCUT2D eigenvalue weighted by Crippen LogP contribution is 2.17. The Hall–Kier alpha value is -2.70. The van der Waals surface area contributed by atoms with Crippen molar-refractivity contribution in [1.82, 2.24) is 14.9 Å². The van der Waals surface area contributed by atoms with Crippen LogP contribution >= 0.6 is 0 Å². The molecule has 22 heavy (non-hydrogen) atoms. The van der Waals surface area contributed by atoms with Crippen LogP contribution in [0.15, 0.2) is 46.2 Å². The van der Waals surface area contributed by atoms with Gasteiger partial charge >= 0.3 is 5.63 Å². The van der Waals surface area contributed by atoms with E-state index < -0.39 is 5.63 Å². The van der Waals surface area contributed by atoms with Crippen molar-refractivity contribution in [3.63, 3.8) is 0 Å². The summed E-state index contributed by atoms with van der Waals surface area (Å²) in [6.45, 7) is 1.17. The number of hydrogen-bond donors (Lipinski definition) is 0. The van der Waals surface area contributed by atoms with Crippen molar-refractivity contribution >= 4 is 5.91 Å². The molecule has 2 aromatic heterocycles. The van der Waals surface area contributed by atoms with Crippen LogP contribution in [0.2, 0.25) is 0 Å². The fraction of sp³-hybridized carbons (Fsp3) is 0.333. The first kappa shape index (κ1) is 14.2. The van der Waals surface area contributed by atoms with E-state index in [0.717, 1.165) is 12.8 Å². The van der Waals surface area contributed by atoms with Crippen LogP contribution in [0.3, 0.4) is 0 Å². The molecule has 0 aliphatic carbocycles. The molecule has 0 spiro atoms. The molecule has 0 aromatic carbocycles. The lowest BCUT2D eigenvalue weighted by atomic mass is 10.1. The van der Waals surface area contributed by atoms with Crippen molar-refractivity contribution in [2.75, 3.05) is 13.1 Å². The fourth-order valence-corrected chi connectivity index (χ4v) is 2.36. The van der Waals surface area contributed by atoms with Gasteiger partial charge in [-0.1, -0.05) is 0 Å². The van der Waals surface area contributed by atoms with Crippen molar-refractivity contribution in [2.45, 2.75) is 18.9 Å². The normalized spacial score (nSPS) is 15.5. The number of hydrogen-bond acceptors (Lipinski definition) is 6. The molecule has 1 saturated heterocycles. The maximum absolute atomic E-state index is 12.3. The van der Waals surface area contributed by atoms with E-state index in [9.17, 15) is 9.59 Å². The second-order valence-corrected chi connectivity index (χ2v) is 5.00. The molecule has 1 amide bonds. The van der Waals surface area contributed by atoms with Crippen LogP contribution in [0.4, 0.5) is 0 Å². The summed E-state index contributed by atoms with van der Waals surface area (Å²) in [4.78, 5) is 33.0. The first-order valence-corrected chi connectivity index (χ1v) is 7.03. The number of ether oxygens (including phenoxy) is 1. The zero-order valence-corrected chi connectivity index (χ0v) is 11.8. The number of nitrogens with zero attached hydrogens (tertiary/aromatic N) is 3. The van der Waals surface area contributed by atoms with E-state index >= 15 is 0 Å². The number of amides is 1. The van der Waals surface area contributed by atoms with Crippen molar-refractivity contribution in [1.29, 1.82) is 0 Å². The molecular weight excluding hydrogens is 286 g/mol. The minimum Gasteiger partial charge on any atom is -0.473 e. The third-order valence-corrected chi connectivity index (χ3v) is 3.50. The SMILES string of the molecule is O=C(c1ccc(=O)oc1)N1CCC(Oc2cnccn2)CC1. The Balaban J connectivity index is 1.56. The number of likely N-dealkylation sites (tertiary alicyclic amines) is 1. The molecule has 2 aromatic rings. The molecule has 1 aliphatic heterocycles. The summed E-state index contributed by atoms with van der Waals surface area (Å²) >= 11 is 0. The summed E-state index contributed by atoms with van der Waals surface area (Å²) in [7, 11) is 0. The lowest BCUT2D eigenvalue weighted by Crippen LogP contribution is -2.41. The van der Waals surface area contributed by atoms with Gasteiger partial charge in [-0.3, -0.25) is 9.78 Å². The maximum atomic E-state index is 12.3. The Morgan fingerprint density at radius 2 is 2.09 bits per heavy atom. The van der Waals surface area contributed by atoms with Crippen LogP contribution in [-0.4, -0.2) is 40.0 Å². The average molecular weight is 301 g/mol. The zero-order chi connectivity index (χ0) is 15.4.